The zero-order valence-electron chi connectivity index (χ0n) is 24.2. The van der Waals surface area contributed by atoms with Crippen LogP contribution in [0.4, 0.5) is 0 Å². The second kappa shape index (κ2) is 15.5. The summed E-state index contributed by atoms with van der Waals surface area (Å²) in [5, 5.41) is 33.1. The number of methoxy groups -OCH3 is 4. The first kappa shape index (κ1) is 32.1. The molecule has 3 aromatic carbocycles. The van der Waals surface area contributed by atoms with Gasteiger partial charge in [-0.15, -0.1) is 5.75 Å². The predicted octanol–water partition coefficient (Wildman–Crippen LogP) is 4.50. The molecule has 0 fully saturated rings. The minimum atomic E-state index is -0.0302. The van der Waals surface area contributed by atoms with Gasteiger partial charge in [0.25, 0.3) is 0 Å². The Kier molecular flexibility index (Phi) is 12.7. The molecule has 0 atom stereocenters. The fourth-order valence-corrected chi connectivity index (χ4v) is 4.63. The van der Waals surface area contributed by atoms with E-state index in [-0.39, 0.29) is 17.2 Å². The molecule has 0 aliphatic carbocycles. The maximum atomic E-state index is 13.0. The molecule has 0 amide bonds. The summed E-state index contributed by atoms with van der Waals surface area (Å²) in [5.74, 6) is 0.376. The molecule has 3 rings (SSSR count). The number of phenolic OH excluding ortho intramolecular Hbond substituents is 2. The van der Waals surface area contributed by atoms with Gasteiger partial charge in [0, 0.05) is 41.3 Å². The third-order valence-corrected chi connectivity index (χ3v) is 6.23. The first-order valence-corrected chi connectivity index (χ1v) is 12.7. The summed E-state index contributed by atoms with van der Waals surface area (Å²) in [7, 11) is 6.59. The van der Waals surface area contributed by atoms with Crippen molar-refractivity contribution in [2.75, 3.05) is 55.4 Å². The highest BCUT2D eigenvalue weighted by Crippen LogP contribution is 2.31. The van der Waals surface area contributed by atoms with Gasteiger partial charge in [0.1, 0.15) is 11.5 Å². The normalized spacial score (nSPS) is 11.3. The van der Waals surface area contributed by atoms with E-state index in [4.69, 9.17) is 18.9 Å². The van der Waals surface area contributed by atoms with Crippen molar-refractivity contribution in [1.29, 1.82) is 0 Å². The second-order valence-corrected chi connectivity index (χ2v) is 10.0. The number of ether oxygens (including phenoxy) is 4. The number of aryl methyl sites for hydroxylation is 3. The van der Waals surface area contributed by atoms with Gasteiger partial charge in [-0.2, -0.15) is 0 Å². The van der Waals surface area contributed by atoms with Gasteiger partial charge in [-0.25, -0.2) is 4.48 Å². The van der Waals surface area contributed by atoms with Crippen molar-refractivity contribution in [3.8, 4) is 17.2 Å². The van der Waals surface area contributed by atoms with Crippen molar-refractivity contribution in [2.24, 2.45) is 0 Å². The Hall–Kier alpha value is -3.14. The first-order valence-electron chi connectivity index (χ1n) is 12.7. The van der Waals surface area contributed by atoms with Crippen LogP contribution >= 0.6 is 0 Å². The van der Waals surface area contributed by atoms with Crippen LogP contribution in [0.15, 0.2) is 48.5 Å². The molecule has 39 heavy (non-hydrogen) atoms. The van der Waals surface area contributed by atoms with E-state index in [9.17, 15) is 15.3 Å². The van der Waals surface area contributed by atoms with E-state index >= 15 is 0 Å². The quantitative estimate of drug-likeness (QED) is 0.257. The summed E-state index contributed by atoms with van der Waals surface area (Å²) in [6.07, 6.45) is 0.779. The molecular weight excluding hydrogens is 498 g/mol. The van der Waals surface area contributed by atoms with Crippen molar-refractivity contribution in [1.82, 2.24) is 0 Å². The van der Waals surface area contributed by atoms with E-state index in [2.05, 4.69) is 0 Å². The highest BCUT2D eigenvalue weighted by molar-refractivity contribution is 5.50. The Morgan fingerprint density at radius 3 is 1.23 bits per heavy atom. The lowest BCUT2D eigenvalue weighted by Crippen LogP contribution is -2.52. The molecule has 0 spiro atoms. The Morgan fingerprint density at radius 1 is 0.564 bits per heavy atom. The summed E-state index contributed by atoms with van der Waals surface area (Å²) in [5.41, 5.74) is 5.90. The lowest BCUT2D eigenvalue weighted by molar-refractivity contribution is -0.991. The SMILES string of the molecule is COC[N+](COC)(COC)COC.Cc1ccc(O)c(Cc2cc(C)cc(Cc3cc(C)ccc3O)c2[O-])c1. The molecule has 0 saturated carbocycles. The van der Waals surface area contributed by atoms with Gasteiger partial charge in [-0.1, -0.05) is 64.2 Å². The van der Waals surface area contributed by atoms with Crippen molar-refractivity contribution in [3.05, 3.63) is 87.5 Å². The maximum Gasteiger partial charge on any atom is 0.188 e. The topological polar surface area (TPSA) is 100 Å². The molecule has 8 heteroatoms. The van der Waals surface area contributed by atoms with Crippen LogP contribution < -0.4 is 5.11 Å². The summed E-state index contributed by atoms with van der Waals surface area (Å²) in [4.78, 5) is 0. The second-order valence-electron chi connectivity index (χ2n) is 10.0. The zero-order valence-corrected chi connectivity index (χ0v) is 24.2. The van der Waals surface area contributed by atoms with Gasteiger partial charge in [0.15, 0.2) is 26.9 Å². The van der Waals surface area contributed by atoms with Gasteiger partial charge < -0.3 is 34.3 Å². The minimum Gasteiger partial charge on any atom is -0.872 e. The van der Waals surface area contributed by atoms with Gasteiger partial charge in [0.2, 0.25) is 0 Å². The third kappa shape index (κ3) is 9.53. The third-order valence-electron chi connectivity index (χ3n) is 6.23. The highest BCUT2D eigenvalue weighted by Gasteiger charge is 2.27. The maximum absolute atomic E-state index is 13.0. The van der Waals surface area contributed by atoms with Crippen molar-refractivity contribution in [2.45, 2.75) is 33.6 Å². The van der Waals surface area contributed by atoms with Crippen molar-refractivity contribution in [3.63, 3.8) is 0 Å². The number of phenols is 2. The average Bonchev–Trinajstić information content (AvgIpc) is 2.87. The van der Waals surface area contributed by atoms with Crippen LogP contribution in [-0.2, 0) is 31.8 Å². The first-order chi connectivity index (χ1) is 18.6. The number of aromatic hydroxyl groups is 2. The van der Waals surface area contributed by atoms with Crippen LogP contribution in [0.5, 0.6) is 17.2 Å². The lowest BCUT2D eigenvalue weighted by atomic mass is 9.94. The number of rotatable bonds is 12. The molecule has 0 unspecified atom stereocenters. The zero-order chi connectivity index (χ0) is 29.0. The van der Waals surface area contributed by atoms with Crippen molar-refractivity contribution < 1.29 is 38.8 Å². The Labute approximate surface area is 232 Å². The van der Waals surface area contributed by atoms with E-state index in [1.807, 2.05) is 57.2 Å². The Balaban J connectivity index is 0.000000349. The lowest BCUT2D eigenvalue weighted by Gasteiger charge is -2.34. The van der Waals surface area contributed by atoms with Crippen LogP contribution in [-0.4, -0.2) is 70.1 Å². The molecule has 0 bridgehead atoms. The molecule has 0 radical (unpaired) electrons. The van der Waals surface area contributed by atoms with Gasteiger partial charge in [-0.05, 0) is 44.0 Å². The fourth-order valence-electron chi connectivity index (χ4n) is 4.63. The predicted molar refractivity (Wildman–Crippen MR) is 150 cm³/mol. The van der Waals surface area contributed by atoms with E-state index in [1.165, 1.54) is 0 Å². The summed E-state index contributed by atoms with van der Waals surface area (Å²) < 4.78 is 20.9. The molecule has 0 aromatic heterocycles. The van der Waals surface area contributed by atoms with Crippen LogP contribution in [0, 0.1) is 20.8 Å². The molecular formula is C31H43NO7. The summed E-state index contributed by atoms with van der Waals surface area (Å²) in [6.45, 7) is 7.92. The smallest absolute Gasteiger partial charge is 0.188 e. The molecule has 2 N–H and O–H groups in total. The van der Waals surface area contributed by atoms with Gasteiger partial charge in [0.05, 0.1) is 0 Å². The van der Waals surface area contributed by atoms with E-state index in [0.717, 1.165) is 27.8 Å². The van der Waals surface area contributed by atoms with Crippen molar-refractivity contribution >= 4 is 0 Å². The molecule has 0 aliphatic rings. The van der Waals surface area contributed by atoms with Gasteiger partial charge in [-0.3, -0.25) is 0 Å². The number of hydrogen-bond acceptors (Lipinski definition) is 7. The van der Waals surface area contributed by atoms with Crippen LogP contribution in [0.1, 0.15) is 38.9 Å². The Bertz CT molecular complexity index is 1090. The van der Waals surface area contributed by atoms with E-state index < -0.39 is 0 Å². The minimum absolute atomic E-state index is 0.0302. The number of benzene rings is 3. The standard InChI is InChI=1S/C23H24O3.C8H20NO4/c1-14-4-6-21(24)17(8-14)12-19-10-16(3)11-20(23(19)26)13-18-9-15(2)5-7-22(18)25;1-10-5-9(6-11-2,7-12-3)8-13-4/h4-11,24-26H,12-13H2,1-3H3;5-8H2,1-4H3/q;+1/p-1. The Morgan fingerprint density at radius 2 is 0.897 bits per heavy atom. The number of hydrogen-bond donors (Lipinski definition) is 2. The van der Waals surface area contributed by atoms with Crippen LogP contribution in [0.3, 0.4) is 0 Å². The van der Waals surface area contributed by atoms with E-state index in [0.29, 0.717) is 55.4 Å². The van der Waals surface area contributed by atoms with Gasteiger partial charge >= 0.3 is 0 Å². The van der Waals surface area contributed by atoms with Crippen LogP contribution in [0.2, 0.25) is 0 Å². The average molecular weight is 542 g/mol. The van der Waals surface area contributed by atoms with Crippen LogP contribution in [0.25, 0.3) is 0 Å². The molecule has 8 nitrogen and oxygen atoms in total. The monoisotopic (exact) mass is 541 g/mol. The largest absolute Gasteiger partial charge is 0.872 e. The molecule has 3 aromatic rings. The molecule has 0 aliphatic heterocycles. The summed E-state index contributed by atoms with van der Waals surface area (Å²) in [6, 6.07) is 14.6. The summed E-state index contributed by atoms with van der Waals surface area (Å²) >= 11 is 0. The fraction of sp³-hybridized carbons (Fsp3) is 0.419. The molecule has 0 heterocycles. The van der Waals surface area contributed by atoms with E-state index in [1.54, 1.807) is 40.6 Å². The number of quaternary nitrogens is 1. The molecule has 214 valence electrons. The highest BCUT2D eigenvalue weighted by atomic mass is 16.6. The number of nitrogens with zero attached hydrogens (tertiary/aromatic N) is 1. The molecule has 0 saturated heterocycles.